The Morgan fingerprint density at radius 1 is 1.08 bits per heavy atom. The third kappa shape index (κ3) is 7.01. The zero-order chi connectivity index (χ0) is 25.2. The number of allylic oxidation sites excluding steroid dienone is 5. The van der Waals surface area contributed by atoms with Gasteiger partial charge in [0.15, 0.2) is 0 Å². The van der Waals surface area contributed by atoms with Crippen molar-refractivity contribution >= 4 is 23.7 Å². The average molecular weight is 511 g/mol. The second-order valence-corrected chi connectivity index (χ2v) is 10.9. The van der Waals surface area contributed by atoms with Gasteiger partial charge in [0.05, 0.1) is 11.8 Å². The Morgan fingerprint density at radius 3 is 2.72 bits per heavy atom. The lowest BCUT2D eigenvalue weighted by molar-refractivity contribution is -0.109. The number of hydrogen-bond donors (Lipinski definition) is 3. The molecule has 0 aromatic carbocycles. The largest absolute Gasteiger partial charge is 0.378 e. The molecule has 0 saturated carbocycles. The smallest absolute Gasteiger partial charge is 0.211 e. The summed E-state index contributed by atoms with van der Waals surface area (Å²) >= 11 is 6.33. The van der Waals surface area contributed by atoms with Gasteiger partial charge < -0.3 is 16.0 Å². The van der Waals surface area contributed by atoms with Crippen LogP contribution in [0.4, 0.5) is 0 Å². The molecule has 3 N–H and O–H groups in total. The Kier molecular flexibility index (Phi) is 10.5. The van der Waals surface area contributed by atoms with Gasteiger partial charge in [-0.1, -0.05) is 56.0 Å². The molecule has 0 spiro atoms. The molecule has 0 aromatic rings. The number of carbonyl (C=O) groups excluding carboxylic acids is 1. The van der Waals surface area contributed by atoms with Crippen molar-refractivity contribution in [1.29, 1.82) is 0 Å². The molecule has 0 fully saturated rings. The number of unbranched alkanes of at least 4 members (excludes halogenated alkanes) is 5. The highest BCUT2D eigenvalue weighted by atomic mass is 35.5. The highest BCUT2D eigenvalue weighted by molar-refractivity contribution is 6.30. The topological polar surface area (TPSA) is 65.5 Å². The van der Waals surface area contributed by atoms with Crippen LogP contribution in [0.2, 0.25) is 0 Å². The number of rotatable bonds is 13. The van der Waals surface area contributed by atoms with Crippen LogP contribution in [0.3, 0.4) is 0 Å². The van der Waals surface area contributed by atoms with Crippen molar-refractivity contribution in [2.45, 2.75) is 102 Å². The second kappa shape index (κ2) is 14.0. The molecule has 2 unspecified atom stereocenters. The van der Waals surface area contributed by atoms with Gasteiger partial charge in [-0.25, -0.2) is 0 Å². The first-order chi connectivity index (χ1) is 17.7. The molecule has 4 aliphatic rings. The highest BCUT2D eigenvalue weighted by Gasteiger charge is 2.31. The van der Waals surface area contributed by atoms with Gasteiger partial charge in [0, 0.05) is 41.0 Å². The second-order valence-electron chi connectivity index (χ2n) is 10.4. The predicted molar refractivity (Wildman–Crippen MR) is 151 cm³/mol. The fourth-order valence-corrected chi connectivity index (χ4v) is 6.22. The summed E-state index contributed by atoms with van der Waals surface area (Å²) in [4.78, 5) is 16.0. The Morgan fingerprint density at radius 2 is 1.89 bits per heavy atom. The van der Waals surface area contributed by atoms with Gasteiger partial charge in [-0.3, -0.25) is 9.79 Å². The first-order valence-corrected chi connectivity index (χ1v) is 14.5. The van der Waals surface area contributed by atoms with E-state index in [0.29, 0.717) is 6.04 Å². The number of halogens is 1. The van der Waals surface area contributed by atoms with Gasteiger partial charge in [0.2, 0.25) is 6.41 Å². The molecule has 4 rings (SSSR count). The van der Waals surface area contributed by atoms with Crippen molar-refractivity contribution in [3.63, 3.8) is 0 Å². The van der Waals surface area contributed by atoms with E-state index in [1.54, 1.807) is 0 Å². The van der Waals surface area contributed by atoms with E-state index in [1.807, 2.05) is 6.08 Å². The van der Waals surface area contributed by atoms with Crippen LogP contribution in [-0.2, 0) is 4.79 Å². The van der Waals surface area contributed by atoms with Crippen LogP contribution in [0.5, 0.6) is 0 Å². The molecule has 3 aliphatic carbocycles. The predicted octanol–water partition coefficient (Wildman–Crippen LogP) is 6.35. The molecule has 6 heteroatoms. The molecule has 1 heterocycles. The molecule has 0 aromatic heterocycles. The average Bonchev–Trinajstić information content (AvgIpc) is 2.89. The van der Waals surface area contributed by atoms with Crippen molar-refractivity contribution < 1.29 is 4.79 Å². The first kappa shape index (κ1) is 26.9. The third-order valence-corrected chi connectivity index (χ3v) is 8.18. The van der Waals surface area contributed by atoms with Crippen LogP contribution >= 0.6 is 11.6 Å². The number of aliphatic imine (C=N–C) groups is 1. The van der Waals surface area contributed by atoms with Gasteiger partial charge in [0.1, 0.15) is 0 Å². The summed E-state index contributed by atoms with van der Waals surface area (Å²) in [6, 6.07) is 0.521. The molecular weight excluding hydrogens is 468 g/mol. The van der Waals surface area contributed by atoms with Crippen molar-refractivity contribution in [2.24, 2.45) is 4.99 Å². The van der Waals surface area contributed by atoms with E-state index < -0.39 is 0 Å². The number of nitrogens with zero attached hydrogens (tertiary/aromatic N) is 1. The van der Waals surface area contributed by atoms with E-state index in [4.69, 9.17) is 16.6 Å². The highest BCUT2D eigenvalue weighted by Crippen LogP contribution is 2.35. The molecular formula is C30H43ClN4O. The number of fused-ring (bicyclic) bond motifs is 1. The van der Waals surface area contributed by atoms with Gasteiger partial charge in [-0.15, -0.1) is 0 Å². The Labute approximate surface area is 222 Å². The van der Waals surface area contributed by atoms with Crippen LogP contribution in [0.25, 0.3) is 0 Å². The van der Waals surface area contributed by atoms with E-state index in [0.717, 1.165) is 80.7 Å². The zero-order valence-corrected chi connectivity index (χ0v) is 22.5. The SMILES string of the molecule is C=CC1=C(NC=O)CCCC1NCCCCCCCCN=C1C2=CCC(Cl)=CC2NC2=C1CCCC2. The van der Waals surface area contributed by atoms with E-state index in [-0.39, 0.29) is 6.04 Å². The molecule has 1 aliphatic heterocycles. The number of amides is 1. The fraction of sp³-hybridized carbons (Fsp3) is 0.600. The maximum absolute atomic E-state index is 10.9. The van der Waals surface area contributed by atoms with Crippen molar-refractivity contribution in [3.8, 4) is 0 Å². The first-order valence-electron chi connectivity index (χ1n) is 14.1. The Balaban J connectivity index is 1.15. The minimum Gasteiger partial charge on any atom is -0.378 e. The summed E-state index contributed by atoms with van der Waals surface area (Å²) in [5.74, 6) is 0. The van der Waals surface area contributed by atoms with Crippen LogP contribution in [0.1, 0.15) is 89.9 Å². The van der Waals surface area contributed by atoms with Crippen LogP contribution in [0, 0.1) is 0 Å². The summed E-state index contributed by atoms with van der Waals surface area (Å²) in [5, 5.41) is 11.2. The lowest BCUT2D eigenvalue weighted by Gasteiger charge is -2.36. The standard InChI is InChI=1S/C30H43ClN4O/c1-2-23-26(14-11-15-27(23)34-21-36)32-18-9-5-3-4-6-10-19-33-30-24-12-7-8-13-28(24)35-29-20-22(31)16-17-25(29)30/h2,17,20-21,26,29,32,35H,1,3-16,18-19H2,(H,34,36). The van der Waals surface area contributed by atoms with E-state index in [2.05, 4.69) is 34.7 Å². The summed E-state index contributed by atoms with van der Waals surface area (Å²) in [6.07, 6.45) is 23.3. The normalized spacial score (nSPS) is 25.0. The summed E-state index contributed by atoms with van der Waals surface area (Å²) in [5.41, 5.74) is 7.66. The summed E-state index contributed by atoms with van der Waals surface area (Å²) < 4.78 is 0. The van der Waals surface area contributed by atoms with Crippen LogP contribution in [-0.4, -0.2) is 37.3 Å². The molecule has 1 amide bonds. The van der Waals surface area contributed by atoms with Gasteiger partial charge in [-0.05, 0) is 81.6 Å². The zero-order valence-electron chi connectivity index (χ0n) is 21.7. The van der Waals surface area contributed by atoms with Gasteiger partial charge in [0.25, 0.3) is 0 Å². The molecule has 36 heavy (non-hydrogen) atoms. The fourth-order valence-electron chi connectivity index (χ4n) is 6.02. The summed E-state index contributed by atoms with van der Waals surface area (Å²) in [7, 11) is 0. The third-order valence-electron chi connectivity index (χ3n) is 7.90. The van der Waals surface area contributed by atoms with E-state index in [1.165, 1.54) is 67.5 Å². The van der Waals surface area contributed by atoms with Gasteiger partial charge in [-0.2, -0.15) is 0 Å². The number of hydrogen-bond acceptors (Lipinski definition) is 4. The molecule has 5 nitrogen and oxygen atoms in total. The van der Waals surface area contributed by atoms with Gasteiger partial charge >= 0.3 is 0 Å². The Hall–Kier alpha value is -2.11. The van der Waals surface area contributed by atoms with Crippen molar-refractivity contribution in [2.75, 3.05) is 13.1 Å². The Bertz CT molecular complexity index is 958. The quantitative estimate of drug-likeness (QED) is 0.200. The lowest BCUT2D eigenvalue weighted by Crippen LogP contribution is -2.41. The van der Waals surface area contributed by atoms with Crippen molar-refractivity contribution in [1.82, 2.24) is 16.0 Å². The number of nitrogens with one attached hydrogen (secondary N) is 3. The molecule has 0 saturated heterocycles. The minimum atomic E-state index is 0.204. The molecule has 2 atom stereocenters. The maximum atomic E-state index is 10.9. The van der Waals surface area contributed by atoms with Crippen LogP contribution < -0.4 is 16.0 Å². The van der Waals surface area contributed by atoms with Crippen LogP contribution in [0.15, 0.2) is 62.9 Å². The monoisotopic (exact) mass is 510 g/mol. The number of carbonyl (C=O) groups is 1. The minimum absolute atomic E-state index is 0.204. The maximum Gasteiger partial charge on any atom is 0.211 e. The molecule has 0 radical (unpaired) electrons. The van der Waals surface area contributed by atoms with E-state index in [9.17, 15) is 4.79 Å². The lowest BCUT2D eigenvalue weighted by atomic mass is 9.81. The summed E-state index contributed by atoms with van der Waals surface area (Å²) in [6.45, 7) is 5.89. The van der Waals surface area contributed by atoms with E-state index >= 15 is 0 Å². The molecule has 0 bridgehead atoms. The van der Waals surface area contributed by atoms with Crippen molar-refractivity contribution in [3.05, 3.63) is 58.0 Å². The molecule has 196 valence electrons.